The number of sulfonamides is 1. The number of carbonyl (C=O) groups is 4. The van der Waals surface area contributed by atoms with E-state index in [0.717, 1.165) is 11.8 Å². The van der Waals surface area contributed by atoms with Crippen molar-refractivity contribution in [3.05, 3.63) is 35.9 Å². The smallest absolute Gasteiger partial charge is 0.408 e. The standard InChI is InChI=1S/C27H40N4O7S/c1-19(2)15-23(25(34)29-22(18-32)16-21-9-12-28-24(21)33)30-26(35)38-27(17-20-7-5-4-6-8-20)10-13-31(14-11-27)39(3,36)37/h4-8,18-19,21-23H,9-17H2,1-3H3,(H,28,33)(H,29,34)(H,30,35)/t21-,22-,23-/m0/s1. The van der Waals surface area contributed by atoms with Crippen LogP contribution < -0.4 is 16.0 Å². The summed E-state index contributed by atoms with van der Waals surface area (Å²) in [6, 6.07) is 7.69. The van der Waals surface area contributed by atoms with Crippen LogP contribution in [0.4, 0.5) is 4.79 Å². The highest BCUT2D eigenvalue weighted by Crippen LogP contribution is 2.31. The molecule has 3 amide bonds. The molecule has 2 fully saturated rings. The second kappa shape index (κ2) is 13.4. The summed E-state index contributed by atoms with van der Waals surface area (Å²) in [5.41, 5.74) is -0.00789. The van der Waals surface area contributed by atoms with Crippen LogP contribution >= 0.6 is 0 Å². The fourth-order valence-electron chi connectivity index (χ4n) is 5.19. The molecule has 0 aliphatic carbocycles. The van der Waals surface area contributed by atoms with E-state index < -0.39 is 39.7 Å². The lowest BCUT2D eigenvalue weighted by atomic mass is 9.85. The zero-order valence-electron chi connectivity index (χ0n) is 22.9. The van der Waals surface area contributed by atoms with Crippen molar-refractivity contribution in [2.45, 2.75) is 70.1 Å². The number of nitrogens with zero attached hydrogens (tertiary/aromatic N) is 1. The van der Waals surface area contributed by atoms with Gasteiger partial charge in [0.1, 0.15) is 17.9 Å². The van der Waals surface area contributed by atoms with Crippen LogP contribution in [0, 0.1) is 11.8 Å². The summed E-state index contributed by atoms with van der Waals surface area (Å²) in [6.07, 6.45) is 3.10. The summed E-state index contributed by atoms with van der Waals surface area (Å²) in [6.45, 7) is 4.78. The molecule has 3 atom stereocenters. The van der Waals surface area contributed by atoms with Crippen LogP contribution in [0.15, 0.2) is 30.3 Å². The predicted molar refractivity (Wildman–Crippen MR) is 145 cm³/mol. The Morgan fingerprint density at radius 1 is 1.18 bits per heavy atom. The van der Waals surface area contributed by atoms with Crippen molar-refractivity contribution in [1.29, 1.82) is 0 Å². The van der Waals surface area contributed by atoms with E-state index in [2.05, 4.69) is 16.0 Å². The van der Waals surface area contributed by atoms with Gasteiger partial charge in [0.15, 0.2) is 0 Å². The maximum Gasteiger partial charge on any atom is 0.408 e. The van der Waals surface area contributed by atoms with Crippen LogP contribution in [-0.2, 0) is 35.6 Å². The summed E-state index contributed by atoms with van der Waals surface area (Å²) in [5, 5.41) is 8.07. The predicted octanol–water partition coefficient (Wildman–Crippen LogP) is 1.37. The fraction of sp³-hybridized carbons (Fsp3) is 0.630. The summed E-state index contributed by atoms with van der Waals surface area (Å²) in [5.74, 6) is -0.965. The van der Waals surface area contributed by atoms with Gasteiger partial charge in [0.2, 0.25) is 21.8 Å². The highest BCUT2D eigenvalue weighted by atomic mass is 32.2. The molecule has 12 heteroatoms. The topological polar surface area (TPSA) is 151 Å². The molecule has 1 aromatic rings. The molecule has 2 aliphatic heterocycles. The molecule has 216 valence electrons. The number of benzene rings is 1. The van der Waals surface area contributed by atoms with Crippen molar-refractivity contribution in [2.24, 2.45) is 11.8 Å². The number of aldehydes is 1. The van der Waals surface area contributed by atoms with Crippen molar-refractivity contribution in [2.75, 3.05) is 25.9 Å². The van der Waals surface area contributed by atoms with Crippen LogP contribution in [0.2, 0.25) is 0 Å². The van der Waals surface area contributed by atoms with Crippen molar-refractivity contribution < 1.29 is 32.3 Å². The lowest BCUT2D eigenvalue weighted by Crippen LogP contribution is -2.54. The Bertz CT molecular complexity index is 1120. The van der Waals surface area contributed by atoms with Crippen LogP contribution in [0.3, 0.4) is 0 Å². The minimum atomic E-state index is -3.38. The third kappa shape index (κ3) is 9.03. The maximum absolute atomic E-state index is 13.2. The van der Waals surface area contributed by atoms with Crippen LogP contribution in [0.5, 0.6) is 0 Å². The van der Waals surface area contributed by atoms with Gasteiger partial charge in [-0.05, 0) is 30.7 Å². The monoisotopic (exact) mass is 564 g/mol. The molecule has 0 unspecified atom stereocenters. The van der Waals surface area contributed by atoms with Gasteiger partial charge in [-0.1, -0.05) is 44.2 Å². The molecule has 1 aromatic carbocycles. The number of nitrogens with one attached hydrogen (secondary N) is 3. The Morgan fingerprint density at radius 3 is 2.38 bits per heavy atom. The number of hydrogen-bond acceptors (Lipinski definition) is 7. The zero-order valence-corrected chi connectivity index (χ0v) is 23.7. The van der Waals surface area contributed by atoms with Crippen molar-refractivity contribution >= 4 is 34.2 Å². The van der Waals surface area contributed by atoms with Crippen LogP contribution in [0.25, 0.3) is 0 Å². The number of alkyl carbamates (subject to hydrolysis) is 1. The molecule has 3 N–H and O–H groups in total. The average molecular weight is 565 g/mol. The van der Waals surface area contributed by atoms with Gasteiger partial charge in [-0.25, -0.2) is 17.5 Å². The first-order valence-corrected chi connectivity index (χ1v) is 15.3. The van der Waals surface area contributed by atoms with E-state index in [0.29, 0.717) is 44.9 Å². The average Bonchev–Trinajstić information content (AvgIpc) is 3.27. The molecule has 2 saturated heterocycles. The molecule has 0 spiro atoms. The minimum Gasteiger partial charge on any atom is -0.442 e. The van der Waals surface area contributed by atoms with Gasteiger partial charge in [-0.3, -0.25) is 9.59 Å². The molecular formula is C27H40N4O7S. The molecule has 2 aliphatic rings. The number of hydrogen-bond donors (Lipinski definition) is 3. The number of piperidine rings is 1. The second-order valence-corrected chi connectivity index (χ2v) is 13.0. The molecule has 0 radical (unpaired) electrons. The molecule has 3 rings (SSSR count). The third-order valence-corrected chi connectivity index (χ3v) is 8.59. The Balaban J connectivity index is 1.70. The summed E-state index contributed by atoms with van der Waals surface area (Å²) in [7, 11) is -3.38. The van der Waals surface area contributed by atoms with Crippen molar-refractivity contribution in [3.63, 3.8) is 0 Å². The Labute approximate surface area is 230 Å². The van der Waals surface area contributed by atoms with Gasteiger partial charge < -0.3 is 25.5 Å². The number of rotatable bonds is 12. The van der Waals surface area contributed by atoms with E-state index in [1.165, 1.54) is 4.31 Å². The SMILES string of the molecule is CC(C)C[C@H](NC(=O)OC1(Cc2ccccc2)CCN(S(C)(=O)=O)CC1)C(=O)N[C@H](C=O)C[C@@H]1CCNC1=O. The Hall–Kier alpha value is -2.99. The minimum absolute atomic E-state index is 0.0487. The summed E-state index contributed by atoms with van der Waals surface area (Å²) < 4.78 is 31.5. The van der Waals surface area contributed by atoms with E-state index in [1.54, 1.807) is 0 Å². The van der Waals surface area contributed by atoms with Gasteiger partial charge in [-0.15, -0.1) is 0 Å². The Kier molecular flexibility index (Phi) is 10.5. The maximum atomic E-state index is 13.2. The second-order valence-electron chi connectivity index (χ2n) is 11.0. The van der Waals surface area contributed by atoms with E-state index in [1.807, 2.05) is 44.2 Å². The highest BCUT2D eigenvalue weighted by Gasteiger charge is 2.41. The van der Waals surface area contributed by atoms with Crippen LogP contribution in [0.1, 0.15) is 51.5 Å². The normalized spacial score (nSPS) is 21.0. The number of ether oxygens (including phenoxy) is 1. The van der Waals surface area contributed by atoms with Gasteiger partial charge in [-0.2, -0.15) is 0 Å². The van der Waals surface area contributed by atoms with E-state index in [-0.39, 0.29) is 37.3 Å². The van der Waals surface area contributed by atoms with Crippen molar-refractivity contribution in [1.82, 2.24) is 20.3 Å². The van der Waals surface area contributed by atoms with Gasteiger partial charge >= 0.3 is 6.09 Å². The van der Waals surface area contributed by atoms with Crippen molar-refractivity contribution in [3.8, 4) is 0 Å². The first-order valence-electron chi connectivity index (χ1n) is 13.4. The van der Waals surface area contributed by atoms with E-state index in [9.17, 15) is 27.6 Å². The highest BCUT2D eigenvalue weighted by molar-refractivity contribution is 7.88. The number of carbonyl (C=O) groups excluding carboxylic acids is 4. The van der Waals surface area contributed by atoms with Gasteiger partial charge in [0.05, 0.1) is 12.3 Å². The third-order valence-electron chi connectivity index (χ3n) is 7.29. The molecule has 2 heterocycles. The number of amides is 3. The Morgan fingerprint density at radius 2 is 1.85 bits per heavy atom. The van der Waals surface area contributed by atoms with Gasteiger partial charge in [0.25, 0.3) is 0 Å². The first-order chi connectivity index (χ1) is 18.4. The lowest BCUT2D eigenvalue weighted by Gasteiger charge is -2.40. The molecule has 39 heavy (non-hydrogen) atoms. The van der Waals surface area contributed by atoms with E-state index >= 15 is 0 Å². The quantitative estimate of drug-likeness (QED) is 0.325. The van der Waals surface area contributed by atoms with Gasteiger partial charge in [0, 0.05) is 44.8 Å². The fourth-order valence-corrected chi connectivity index (χ4v) is 6.03. The molecule has 0 saturated carbocycles. The van der Waals surface area contributed by atoms with Crippen LogP contribution in [-0.4, -0.2) is 80.5 Å². The molecule has 11 nitrogen and oxygen atoms in total. The van der Waals surface area contributed by atoms with E-state index in [4.69, 9.17) is 4.74 Å². The molecular weight excluding hydrogens is 524 g/mol. The largest absolute Gasteiger partial charge is 0.442 e. The molecule has 0 aromatic heterocycles. The summed E-state index contributed by atoms with van der Waals surface area (Å²) in [4.78, 5) is 49.9. The lowest BCUT2D eigenvalue weighted by molar-refractivity contribution is -0.127. The molecule has 0 bridgehead atoms. The zero-order chi connectivity index (χ0) is 28.6. The summed E-state index contributed by atoms with van der Waals surface area (Å²) >= 11 is 0. The first kappa shape index (κ1) is 30.6.